The first-order valence-electron chi connectivity index (χ1n) is 12.6. The van der Waals surface area contributed by atoms with Crippen molar-refractivity contribution in [3.63, 3.8) is 0 Å². The molecule has 0 N–H and O–H groups in total. The molecule has 191 valence electrons. The van der Waals surface area contributed by atoms with Crippen molar-refractivity contribution >= 4 is 48.3 Å². The van der Waals surface area contributed by atoms with Crippen molar-refractivity contribution in [3.05, 3.63) is 109 Å². The van der Waals surface area contributed by atoms with E-state index in [0.29, 0.717) is 0 Å². The Morgan fingerprint density at radius 1 is 0.605 bits per heavy atom. The van der Waals surface area contributed by atoms with E-state index in [0.717, 1.165) is 44.3 Å². The molecule has 2 heterocycles. The number of hydrogen-bond acceptors (Lipinski definition) is 2. The minimum Gasteiger partial charge on any atom is -0.655 e. The van der Waals surface area contributed by atoms with Crippen molar-refractivity contribution < 1.29 is 19.8 Å². The van der Waals surface area contributed by atoms with Gasteiger partial charge in [-0.25, -0.2) is 0 Å². The maximum atomic E-state index is 4.86. The van der Waals surface area contributed by atoms with Crippen LogP contribution in [0.5, 0.6) is 0 Å². The summed E-state index contributed by atoms with van der Waals surface area (Å²) in [6.07, 6.45) is 0. The van der Waals surface area contributed by atoms with Gasteiger partial charge in [-0.1, -0.05) is 90.6 Å². The first-order chi connectivity index (χ1) is 18.0. The summed E-state index contributed by atoms with van der Waals surface area (Å²) in [4.78, 5) is 4.86. The molecule has 0 saturated heterocycles. The molecule has 0 aliphatic heterocycles. The Hall–Kier alpha value is -2.74. The van der Waals surface area contributed by atoms with E-state index in [9.17, 15) is 0 Å². The van der Waals surface area contributed by atoms with Crippen LogP contribution in [0.25, 0.3) is 44.3 Å². The topological polar surface area (TPSA) is 39.9 Å². The van der Waals surface area contributed by atoms with Crippen LogP contribution in [0.15, 0.2) is 109 Å². The van der Waals surface area contributed by atoms with E-state index >= 15 is 0 Å². The molecule has 3 nitrogen and oxygen atoms in total. The average Bonchev–Trinajstić information content (AvgIpc) is 3.33. The van der Waals surface area contributed by atoms with Crippen molar-refractivity contribution in [1.29, 1.82) is 0 Å². The molecular formula is C32H32N3OsP2+2. The van der Waals surface area contributed by atoms with Gasteiger partial charge in [0.05, 0.1) is 37.9 Å². The van der Waals surface area contributed by atoms with Gasteiger partial charge in [-0.2, -0.15) is 5.10 Å². The van der Waals surface area contributed by atoms with E-state index in [4.69, 9.17) is 4.98 Å². The van der Waals surface area contributed by atoms with Crippen LogP contribution in [0, 0.1) is 0 Å². The first kappa shape index (κ1) is 28.3. The van der Waals surface area contributed by atoms with Crippen LogP contribution in [0.2, 0.25) is 0 Å². The van der Waals surface area contributed by atoms with Gasteiger partial charge in [0.25, 0.3) is 0 Å². The predicted octanol–water partition coefficient (Wildman–Crippen LogP) is 6.96. The van der Waals surface area contributed by atoms with Gasteiger partial charge in [-0.15, -0.1) is 10.6 Å². The molecule has 6 aromatic rings. The largest absolute Gasteiger partial charge is 1.00 e. The zero-order valence-electron chi connectivity index (χ0n) is 22.1. The van der Waals surface area contributed by atoms with Gasteiger partial charge in [0.15, 0.2) is 0 Å². The second kappa shape index (κ2) is 12.9. The Kier molecular flexibility index (Phi) is 9.57. The van der Waals surface area contributed by atoms with Gasteiger partial charge in [0.1, 0.15) is 10.6 Å². The Labute approximate surface area is 240 Å². The first-order valence-corrected chi connectivity index (χ1v) is 17.6. The minimum absolute atomic E-state index is 0. The molecule has 1 radical (unpaired) electrons. The molecule has 0 amide bonds. The Bertz CT molecular complexity index is 1620. The summed E-state index contributed by atoms with van der Waals surface area (Å²) in [6, 6.07) is 37.6. The number of rotatable bonds is 4. The number of fused-ring (bicyclic) bond motifs is 2. The standard InChI is InChI=1S/C22H14N3.C10H16P2.Os/c1-2-8-15(9-3-1)21-17-11-5-7-13-19(17)23-22(21)20-14-16-10-4-6-12-18(16)24-25-20;1-11(2)9-7-5-6-8-10(9)12(3)4;/h1-14H;5-8H,1-4H3;/q-1;;+1/p+2. The summed E-state index contributed by atoms with van der Waals surface area (Å²) in [6.45, 7) is 9.48. The fraction of sp³-hybridized carbons (Fsp3) is 0.125. The van der Waals surface area contributed by atoms with Crippen LogP contribution in [0.3, 0.4) is 0 Å². The van der Waals surface area contributed by atoms with Crippen LogP contribution < -0.4 is 15.6 Å². The van der Waals surface area contributed by atoms with Gasteiger partial charge in [0.2, 0.25) is 0 Å². The third-order valence-electron chi connectivity index (χ3n) is 6.45. The number of aromatic nitrogens is 3. The maximum Gasteiger partial charge on any atom is 1.00 e. The summed E-state index contributed by atoms with van der Waals surface area (Å²) in [7, 11) is -0.522. The molecule has 0 unspecified atom stereocenters. The Morgan fingerprint density at radius 2 is 1.18 bits per heavy atom. The van der Waals surface area contributed by atoms with Crippen molar-refractivity contribution in [3.8, 4) is 22.5 Å². The zero-order valence-corrected chi connectivity index (χ0v) is 26.6. The third kappa shape index (κ3) is 6.11. The molecule has 2 aromatic heterocycles. The van der Waals surface area contributed by atoms with Crippen LogP contribution in [-0.2, 0) is 19.8 Å². The molecule has 0 atom stereocenters. The molecule has 0 bridgehead atoms. The van der Waals surface area contributed by atoms with Gasteiger partial charge < -0.3 is 4.98 Å². The van der Waals surface area contributed by atoms with Crippen LogP contribution in [-0.4, -0.2) is 36.9 Å². The summed E-state index contributed by atoms with van der Waals surface area (Å²) in [5, 5.41) is 14.3. The van der Waals surface area contributed by atoms with E-state index in [2.05, 4.69) is 91.5 Å². The van der Waals surface area contributed by atoms with Crippen molar-refractivity contribution in [2.75, 3.05) is 26.7 Å². The van der Waals surface area contributed by atoms with Gasteiger partial charge in [-0.3, -0.25) is 0 Å². The van der Waals surface area contributed by atoms with Gasteiger partial charge in [-0.05, 0) is 40.8 Å². The maximum absolute atomic E-state index is 4.86. The molecule has 4 aromatic carbocycles. The second-order valence-corrected chi connectivity index (χ2v) is 14.6. The SMILES string of the molecule is C[PH+](C)c1ccccc1[PH+](C)C.[Os+].c1ccc(-c2c(-c3cc4ccccc4nn3)[n-]c3ccccc23)cc1. The van der Waals surface area contributed by atoms with Gasteiger partial charge in [0, 0.05) is 21.2 Å². The van der Waals surface area contributed by atoms with Crippen molar-refractivity contribution in [1.82, 2.24) is 15.2 Å². The quantitative estimate of drug-likeness (QED) is 0.186. The smallest absolute Gasteiger partial charge is 0.655 e. The number of para-hydroxylation sites is 1. The van der Waals surface area contributed by atoms with Gasteiger partial charge >= 0.3 is 19.8 Å². The number of nitrogens with zero attached hydrogens (tertiary/aromatic N) is 3. The fourth-order valence-corrected chi connectivity index (χ4v) is 8.23. The monoisotopic (exact) mass is 712 g/mol. The molecule has 0 aliphatic rings. The molecule has 0 saturated carbocycles. The van der Waals surface area contributed by atoms with Crippen LogP contribution in [0.4, 0.5) is 0 Å². The number of benzene rings is 4. The Morgan fingerprint density at radius 3 is 1.87 bits per heavy atom. The second-order valence-electron chi connectivity index (χ2n) is 9.55. The predicted molar refractivity (Wildman–Crippen MR) is 167 cm³/mol. The molecule has 6 rings (SSSR count). The third-order valence-corrected chi connectivity index (χ3v) is 9.72. The normalized spacial score (nSPS) is 10.9. The van der Waals surface area contributed by atoms with E-state index in [1.807, 2.05) is 54.6 Å². The van der Waals surface area contributed by atoms with Crippen molar-refractivity contribution in [2.45, 2.75) is 0 Å². The van der Waals surface area contributed by atoms with Crippen LogP contribution in [0.1, 0.15) is 0 Å². The van der Waals surface area contributed by atoms with Crippen molar-refractivity contribution in [2.24, 2.45) is 0 Å². The molecule has 6 heteroatoms. The summed E-state index contributed by atoms with van der Waals surface area (Å²) in [5.41, 5.74) is 5.80. The Balaban J connectivity index is 0.000000221. The minimum atomic E-state index is -0.261. The van der Waals surface area contributed by atoms with E-state index < -0.39 is 0 Å². The summed E-state index contributed by atoms with van der Waals surface area (Å²) < 4.78 is 0. The van der Waals surface area contributed by atoms with Crippen LogP contribution >= 0.6 is 15.8 Å². The van der Waals surface area contributed by atoms with E-state index in [1.165, 1.54) is 0 Å². The molecule has 0 aliphatic carbocycles. The fourth-order valence-electron chi connectivity index (χ4n) is 4.62. The molecular weight excluding hydrogens is 679 g/mol. The van der Waals surface area contributed by atoms with E-state index in [-0.39, 0.29) is 35.6 Å². The summed E-state index contributed by atoms with van der Waals surface area (Å²) >= 11 is 0. The number of hydrogen-bond donors (Lipinski definition) is 0. The molecule has 0 fully saturated rings. The molecule has 0 spiro atoms. The van der Waals surface area contributed by atoms with E-state index in [1.54, 1.807) is 10.6 Å². The zero-order chi connectivity index (χ0) is 25.8. The average molecular weight is 711 g/mol. The summed E-state index contributed by atoms with van der Waals surface area (Å²) in [5.74, 6) is 0. The molecule has 38 heavy (non-hydrogen) atoms.